The van der Waals surface area contributed by atoms with E-state index in [-0.39, 0.29) is 0 Å². The number of methoxy groups -OCH3 is 2. The minimum Gasteiger partial charge on any atom is -0.493 e. The van der Waals surface area contributed by atoms with Crippen LogP contribution in [-0.4, -0.2) is 36.8 Å². The van der Waals surface area contributed by atoms with Crippen molar-refractivity contribution >= 4 is 0 Å². The summed E-state index contributed by atoms with van der Waals surface area (Å²) in [5.41, 5.74) is 2.42. The highest BCUT2D eigenvalue weighted by Crippen LogP contribution is 2.33. The topological polar surface area (TPSA) is 55.1 Å². The Morgan fingerprint density at radius 2 is 2.04 bits per heavy atom. The Balaban J connectivity index is 1.71. The van der Waals surface area contributed by atoms with Gasteiger partial charge in [0.25, 0.3) is 0 Å². The third-order valence-electron chi connectivity index (χ3n) is 5.08. The number of hydrogen-bond acceptors (Lipinski definition) is 5. The molecule has 3 rings (SSSR count). The summed E-state index contributed by atoms with van der Waals surface area (Å²) < 4.78 is 16.2. The monoisotopic (exact) mass is 345 g/mol. The van der Waals surface area contributed by atoms with E-state index in [0.29, 0.717) is 18.2 Å². The number of aliphatic hydroxyl groups excluding tert-OH is 1. The van der Waals surface area contributed by atoms with Gasteiger partial charge >= 0.3 is 0 Å². The molecule has 5 nitrogen and oxygen atoms in total. The van der Waals surface area contributed by atoms with Crippen LogP contribution < -0.4 is 9.47 Å². The van der Waals surface area contributed by atoms with Crippen LogP contribution >= 0.6 is 0 Å². The van der Waals surface area contributed by atoms with Crippen LogP contribution in [0, 0.1) is 6.92 Å². The summed E-state index contributed by atoms with van der Waals surface area (Å²) in [4.78, 5) is 2.44. The summed E-state index contributed by atoms with van der Waals surface area (Å²) in [6, 6.07) is 8.09. The summed E-state index contributed by atoms with van der Waals surface area (Å²) in [6.07, 6.45) is 4.01. The summed E-state index contributed by atoms with van der Waals surface area (Å²) >= 11 is 0. The van der Waals surface area contributed by atoms with Crippen molar-refractivity contribution in [3.8, 4) is 11.5 Å². The van der Waals surface area contributed by atoms with Crippen molar-refractivity contribution < 1.29 is 19.0 Å². The van der Waals surface area contributed by atoms with Crippen LogP contribution in [0.5, 0.6) is 11.5 Å². The fraction of sp³-hybridized carbons (Fsp3) is 0.500. The number of aryl methyl sites for hydroxylation is 1. The zero-order valence-corrected chi connectivity index (χ0v) is 15.2. The van der Waals surface area contributed by atoms with Crippen LogP contribution in [0.3, 0.4) is 0 Å². The van der Waals surface area contributed by atoms with Crippen molar-refractivity contribution in [2.24, 2.45) is 0 Å². The lowest BCUT2D eigenvalue weighted by molar-refractivity contribution is 0.0994. The Morgan fingerprint density at radius 3 is 2.72 bits per heavy atom. The molecular formula is C20H27NO4. The molecule has 0 spiro atoms. The summed E-state index contributed by atoms with van der Waals surface area (Å²) in [6.45, 7) is 3.99. The van der Waals surface area contributed by atoms with E-state index in [1.807, 2.05) is 18.2 Å². The van der Waals surface area contributed by atoms with E-state index < -0.39 is 6.10 Å². The molecule has 0 saturated carbocycles. The van der Waals surface area contributed by atoms with E-state index in [1.165, 1.54) is 11.1 Å². The Morgan fingerprint density at radius 1 is 1.28 bits per heavy atom. The van der Waals surface area contributed by atoms with Crippen LogP contribution in [0.15, 0.2) is 34.9 Å². The fourth-order valence-electron chi connectivity index (χ4n) is 3.64. The molecule has 1 aromatic carbocycles. The summed E-state index contributed by atoms with van der Waals surface area (Å²) in [5, 5.41) is 10.4. The molecule has 1 aliphatic heterocycles. The van der Waals surface area contributed by atoms with Gasteiger partial charge in [-0.25, -0.2) is 0 Å². The van der Waals surface area contributed by atoms with Crippen molar-refractivity contribution in [1.82, 2.24) is 4.90 Å². The van der Waals surface area contributed by atoms with Gasteiger partial charge in [0.05, 0.1) is 20.5 Å². The predicted octanol–water partition coefficient (Wildman–Crippen LogP) is 3.69. The van der Waals surface area contributed by atoms with Crippen molar-refractivity contribution in [1.29, 1.82) is 0 Å². The molecule has 1 saturated heterocycles. The maximum Gasteiger partial charge on any atom is 0.161 e. The molecule has 1 aliphatic rings. The number of rotatable bonds is 7. The Bertz CT molecular complexity index is 683. The van der Waals surface area contributed by atoms with Gasteiger partial charge in [-0.2, -0.15) is 0 Å². The lowest BCUT2D eigenvalue weighted by Gasteiger charge is -2.27. The van der Waals surface area contributed by atoms with Gasteiger partial charge in [0, 0.05) is 12.6 Å². The smallest absolute Gasteiger partial charge is 0.161 e. The van der Waals surface area contributed by atoms with Gasteiger partial charge in [0.2, 0.25) is 0 Å². The van der Waals surface area contributed by atoms with Gasteiger partial charge in [-0.1, -0.05) is 0 Å². The number of ether oxygens (including phenoxy) is 2. The van der Waals surface area contributed by atoms with E-state index >= 15 is 0 Å². The molecule has 5 heteroatoms. The number of hydrogen-bond donors (Lipinski definition) is 1. The molecule has 2 unspecified atom stereocenters. The average molecular weight is 345 g/mol. The number of furan rings is 1. The van der Waals surface area contributed by atoms with E-state index in [0.717, 1.165) is 37.4 Å². The maximum atomic E-state index is 10.4. The summed E-state index contributed by atoms with van der Waals surface area (Å²) in [7, 11) is 3.32. The number of nitrogens with zero attached hydrogens (tertiary/aromatic N) is 1. The average Bonchev–Trinajstić information content (AvgIpc) is 3.28. The molecule has 136 valence electrons. The molecule has 0 amide bonds. The van der Waals surface area contributed by atoms with Gasteiger partial charge in [-0.3, -0.25) is 4.90 Å². The first-order chi connectivity index (χ1) is 12.1. The van der Waals surface area contributed by atoms with Crippen LogP contribution in [0.4, 0.5) is 0 Å². The van der Waals surface area contributed by atoms with Crippen molar-refractivity contribution in [2.45, 2.75) is 44.9 Å². The zero-order valence-electron chi connectivity index (χ0n) is 15.2. The lowest BCUT2D eigenvalue weighted by atomic mass is 10.0. The van der Waals surface area contributed by atoms with Gasteiger partial charge in [-0.15, -0.1) is 0 Å². The number of likely N-dealkylation sites (tertiary alicyclic amines) is 1. The number of aliphatic hydroxyl groups is 1. The highest BCUT2D eigenvalue weighted by Gasteiger charge is 2.28. The highest BCUT2D eigenvalue weighted by molar-refractivity contribution is 5.47. The minimum absolute atomic E-state index is 0.354. The molecule has 2 atom stereocenters. The number of benzene rings is 1. The van der Waals surface area contributed by atoms with Crippen molar-refractivity contribution in [3.05, 3.63) is 47.4 Å². The van der Waals surface area contributed by atoms with E-state index in [9.17, 15) is 5.11 Å². The van der Waals surface area contributed by atoms with E-state index in [1.54, 1.807) is 20.5 Å². The van der Waals surface area contributed by atoms with Crippen LogP contribution in [0.25, 0.3) is 0 Å². The first kappa shape index (κ1) is 17.8. The van der Waals surface area contributed by atoms with Crippen molar-refractivity contribution in [2.75, 3.05) is 20.8 Å². The van der Waals surface area contributed by atoms with E-state index in [2.05, 4.69) is 17.9 Å². The largest absolute Gasteiger partial charge is 0.493 e. The Kier molecular flexibility index (Phi) is 5.66. The molecule has 2 heterocycles. The van der Waals surface area contributed by atoms with Gasteiger partial charge in [0.1, 0.15) is 11.9 Å². The SMILES string of the molecule is COc1cc(C)c(CN2CCCC2CC(O)c2ccco2)cc1OC. The van der Waals surface area contributed by atoms with Gasteiger partial charge in [0.15, 0.2) is 11.5 Å². The molecular weight excluding hydrogens is 318 g/mol. The Labute approximate surface area is 149 Å². The predicted molar refractivity (Wildman–Crippen MR) is 96.0 cm³/mol. The first-order valence-corrected chi connectivity index (χ1v) is 8.79. The third kappa shape index (κ3) is 3.99. The fourth-order valence-corrected chi connectivity index (χ4v) is 3.64. The molecule has 2 aromatic rings. The first-order valence-electron chi connectivity index (χ1n) is 8.79. The molecule has 0 radical (unpaired) electrons. The second-order valence-electron chi connectivity index (χ2n) is 6.67. The van der Waals surface area contributed by atoms with Crippen molar-refractivity contribution in [3.63, 3.8) is 0 Å². The summed E-state index contributed by atoms with van der Waals surface area (Å²) in [5.74, 6) is 2.17. The van der Waals surface area contributed by atoms with E-state index in [4.69, 9.17) is 13.9 Å². The highest BCUT2D eigenvalue weighted by atomic mass is 16.5. The minimum atomic E-state index is -0.549. The Hall–Kier alpha value is -1.98. The molecule has 0 aliphatic carbocycles. The molecule has 25 heavy (non-hydrogen) atoms. The zero-order chi connectivity index (χ0) is 17.8. The second-order valence-corrected chi connectivity index (χ2v) is 6.67. The maximum absolute atomic E-state index is 10.4. The second kappa shape index (κ2) is 7.93. The van der Waals surface area contributed by atoms with Crippen LogP contribution in [0.2, 0.25) is 0 Å². The van der Waals surface area contributed by atoms with Gasteiger partial charge in [-0.05, 0) is 68.1 Å². The third-order valence-corrected chi connectivity index (χ3v) is 5.08. The molecule has 1 aromatic heterocycles. The standard InChI is InChI=1S/C20H27NO4/c1-14-10-19(23-2)20(24-3)11-15(14)13-21-8-4-6-16(21)12-17(22)18-7-5-9-25-18/h5,7,9-11,16-17,22H,4,6,8,12-13H2,1-3H3. The normalized spacial score (nSPS) is 19.1. The van der Waals surface area contributed by atoms with Crippen LogP contribution in [-0.2, 0) is 6.54 Å². The molecule has 1 fully saturated rings. The molecule has 0 bridgehead atoms. The lowest BCUT2D eigenvalue weighted by Crippen LogP contribution is -2.30. The van der Waals surface area contributed by atoms with Crippen LogP contribution in [0.1, 0.15) is 42.3 Å². The van der Waals surface area contributed by atoms with Gasteiger partial charge < -0.3 is 19.0 Å². The quantitative estimate of drug-likeness (QED) is 0.829. The molecule has 1 N–H and O–H groups in total.